The normalized spacial score (nSPS) is 20.8. The topological polar surface area (TPSA) is 48.9 Å². The molecule has 5 nitrogen and oxygen atoms in total. The summed E-state index contributed by atoms with van der Waals surface area (Å²) in [5, 5.41) is 7.04. The summed E-state index contributed by atoms with van der Waals surface area (Å²) in [4.78, 5) is 6.99. The highest BCUT2D eigenvalue weighted by Crippen LogP contribution is 2.20. The number of nitrogens with zero attached hydrogens (tertiary/aromatic N) is 2. The minimum atomic E-state index is 0. The van der Waals surface area contributed by atoms with Crippen LogP contribution in [0.1, 0.15) is 37.0 Å². The number of halogens is 1. The van der Waals surface area contributed by atoms with Crippen molar-refractivity contribution in [3.63, 3.8) is 0 Å². The van der Waals surface area contributed by atoms with E-state index in [9.17, 15) is 0 Å². The largest absolute Gasteiger partial charge is 0.375 e. The van der Waals surface area contributed by atoms with E-state index >= 15 is 0 Å². The quantitative estimate of drug-likeness (QED) is 0.325. The Balaban J connectivity index is 0.00000320. The zero-order valence-electron chi connectivity index (χ0n) is 18.3. The van der Waals surface area contributed by atoms with Crippen molar-refractivity contribution in [2.75, 3.05) is 27.2 Å². The Morgan fingerprint density at radius 1 is 1.13 bits per heavy atom. The van der Waals surface area contributed by atoms with E-state index in [-0.39, 0.29) is 30.1 Å². The van der Waals surface area contributed by atoms with Crippen molar-refractivity contribution in [1.29, 1.82) is 0 Å². The van der Waals surface area contributed by atoms with E-state index in [1.807, 2.05) is 25.2 Å². The molecule has 3 unspecified atom stereocenters. The molecule has 0 amide bonds. The van der Waals surface area contributed by atoms with Crippen LogP contribution in [0.5, 0.6) is 0 Å². The van der Waals surface area contributed by atoms with Gasteiger partial charge in [-0.2, -0.15) is 0 Å². The van der Waals surface area contributed by atoms with Gasteiger partial charge in [-0.15, -0.1) is 24.0 Å². The van der Waals surface area contributed by atoms with Crippen molar-refractivity contribution in [3.8, 4) is 0 Å². The molecule has 0 bridgehead atoms. The fourth-order valence-corrected chi connectivity index (χ4v) is 3.99. The second kappa shape index (κ2) is 12.9. The first-order valence-corrected chi connectivity index (χ1v) is 10.5. The molecule has 0 spiro atoms. The molecule has 0 saturated carbocycles. The molecule has 3 rings (SSSR count). The standard InChI is InChI=1S/C24H34N4O.HI/c1-19-16-22(14-15-28(19)18-20-10-6-4-7-11-20)27-24(25-2)26-17-23(29-3)21-12-8-5-9-13-21;/h4-13,19,22-23H,14-18H2,1-3H3,(H2,25,26,27);1H. The SMILES string of the molecule is CN=C(NCC(OC)c1ccccc1)NC1CCN(Cc2ccccc2)C(C)C1.I. The van der Waals surface area contributed by atoms with E-state index in [1.54, 1.807) is 7.11 Å². The van der Waals surface area contributed by atoms with Crippen LogP contribution in [0.25, 0.3) is 0 Å². The highest BCUT2D eigenvalue weighted by atomic mass is 127. The average Bonchev–Trinajstić information content (AvgIpc) is 2.76. The third-order valence-electron chi connectivity index (χ3n) is 5.72. The summed E-state index contributed by atoms with van der Waals surface area (Å²) < 4.78 is 5.66. The van der Waals surface area contributed by atoms with Crippen molar-refractivity contribution >= 4 is 29.9 Å². The molecule has 3 atom stereocenters. The lowest BCUT2D eigenvalue weighted by atomic mass is 9.97. The zero-order valence-corrected chi connectivity index (χ0v) is 20.6. The number of ether oxygens (including phenoxy) is 1. The lowest BCUT2D eigenvalue weighted by Crippen LogP contribution is -2.51. The molecule has 1 fully saturated rings. The smallest absolute Gasteiger partial charge is 0.191 e. The van der Waals surface area contributed by atoms with E-state index < -0.39 is 0 Å². The van der Waals surface area contributed by atoms with Gasteiger partial charge in [-0.1, -0.05) is 60.7 Å². The molecule has 1 heterocycles. The first kappa shape index (κ1) is 24.6. The van der Waals surface area contributed by atoms with E-state index in [0.29, 0.717) is 18.6 Å². The number of hydrogen-bond donors (Lipinski definition) is 2. The van der Waals surface area contributed by atoms with Crippen LogP contribution in [0.2, 0.25) is 0 Å². The van der Waals surface area contributed by atoms with Crippen LogP contribution in [0.3, 0.4) is 0 Å². The van der Waals surface area contributed by atoms with Crippen LogP contribution >= 0.6 is 24.0 Å². The fraction of sp³-hybridized carbons (Fsp3) is 0.458. The highest BCUT2D eigenvalue weighted by Gasteiger charge is 2.26. The Morgan fingerprint density at radius 3 is 2.40 bits per heavy atom. The van der Waals surface area contributed by atoms with Gasteiger partial charge in [-0.25, -0.2) is 0 Å². The van der Waals surface area contributed by atoms with Gasteiger partial charge in [0.05, 0.1) is 6.10 Å². The van der Waals surface area contributed by atoms with Crippen LogP contribution in [0.15, 0.2) is 65.7 Å². The van der Waals surface area contributed by atoms with Gasteiger partial charge in [0.25, 0.3) is 0 Å². The van der Waals surface area contributed by atoms with Gasteiger partial charge in [0.1, 0.15) is 0 Å². The number of guanidine groups is 1. The van der Waals surface area contributed by atoms with E-state index in [1.165, 1.54) is 11.1 Å². The number of aliphatic imine (C=N–C) groups is 1. The van der Waals surface area contributed by atoms with Gasteiger partial charge in [-0.05, 0) is 30.9 Å². The Bertz CT molecular complexity index is 756. The number of likely N-dealkylation sites (tertiary alicyclic amines) is 1. The average molecular weight is 522 g/mol. The number of nitrogens with one attached hydrogen (secondary N) is 2. The van der Waals surface area contributed by atoms with Gasteiger partial charge in [-0.3, -0.25) is 9.89 Å². The van der Waals surface area contributed by atoms with Gasteiger partial charge in [0, 0.05) is 45.9 Å². The minimum Gasteiger partial charge on any atom is -0.375 e. The summed E-state index contributed by atoms with van der Waals surface area (Å²) in [5.74, 6) is 0.844. The molecule has 1 saturated heterocycles. The highest BCUT2D eigenvalue weighted by molar-refractivity contribution is 14.0. The van der Waals surface area contributed by atoms with E-state index in [0.717, 1.165) is 31.9 Å². The number of piperidine rings is 1. The Morgan fingerprint density at radius 2 is 1.80 bits per heavy atom. The molecule has 6 heteroatoms. The molecule has 0 aliphatic carbocycles. The monoisotopic (exact) mass is 522 g/mol. The lowest BCUT2D eigenvalue weighted by Gasteiger charge is -2.38. The van der Waals surface area contributed by atoms with Crippen molar-refractivity contribution in [2.45, 2.75) is 44.5 Å². The van der Waals surface area contributed by atoms with Gasteiger partial charge >= 0.3 is 0 Å². The summed E-state index contributed by atoms with van der Waals surface area (Å²) in [6, 6.07) is 22.0. The minimum absolute atomic E-state index is 0. The predicted octanol–water partition coefficient (Wildman–Crippen LogP) is 4.21. The maximum absolute atomic E-state index is 5.66. The lowest BCUT2D eigenvalue weighted by molar-refractivity contribution is 0.106. The maximum Gasteiger partial charge on any atom is 0.191 e. The van der Waals surface area contributed by atoms with Crippen LogP contribution in [-0.2, 0) is 11.3 Å². The molecule has 1 aliphatic rings. The van der Waals surface area contributed by atoms with Gasteiger partial charge < -0.3 is 15.4 Å². The number of hydrogen-bond acceptors (Lipinski definition) is 3. The predicted molar refractivity (Wildman–Crippen MR) is 135 cm³/mol. The Hall–Kier alpha value is -1.64. The second-order valence-corrected chi connectivity index (χ2v) is 7.76. The molecular formula is C24H35IN4O. The molecule has 2 aromatic rings. The molecule has 0 radical (unpaired) electrons. The second-order valence-electron chi connectivity index (χ2n) is 7.76. The fourth-order valence-electron chi connectivity index (χ4n) is 3.99. The zero-order chi connectivity index (χ0) is 20.5. The van der Waals surface area contributed by atoms with Crippen LogP contribution in [0, 0.1) is 0 Å². The van der Waals surface area contributed by atoms with Gasteiger partial charge in [0.2, 0.25) is 0 Å². The Kier molecular flexibility index (Phi) is 10.6. The van der Waals surface area contributed by atoms with Crippen LogP contribution < -0.4 is 10.6 Å². The summed E-state index contributed by atoms with van der Waals surface area (Å²) >= 11 is 0. The van der Waals surface area contributed by atoms with Crippen molar-refractivity contribution < 1.29 is 4.74 Å². The summed E-state index contributed by atoms with van der Waals surface area (Å²) in [5.41, 5.74) is 2.55. The Labute approximate surface area is 198 Å². The van der Waals surface area contributed by atoms with Gasteiger partial charge in [0.15, 0.2) is 5.96 Å². The van der Waals surface area contributed by atoms with Crippen molar-refractivity contribution in [3.05, 3.63) is 71.8 Å². The molecule has 30 heavy (non-hydrogen) atoms. The van der Waals surface area contributed by atoms with Crippen LogP contribution in [0.4, 0.5) is 0 Å². The maximum atomic E-state index is 5.66. The van der Waals surface area contributed by atoms with E-state index in [2.05, 4.69) is 69.9 Å². The molecule has 2 aromatic carbocycles. The molecule has 164 valence electrons. The number of benzene rings is 2. The molecule has 1 aliphatic heterocycles. The summed E-state index contributed by atoms with van der Waals surface area (Å²) in [7, 11) is 3.58. The van der Waals surface area contributed by atoms with Crippen LogP contribution in [-0.4, -0.2) is 50.2 Å². The van der Waals surface area contributed by atoms with E-state index in [4.69, 9.17) is 4.74 Å². The molecular weight excluding hydrogens is 487 g/mol. The molecule has 0 aromatic heterocycles. The number of methoxy groups -OCH3 is 1. The number of rotatable bonds is 7. The third kappa shape index (κ3) is 7.25. The van der Waals surface area contributed by atoms with Crippen molar-refractivity contribution in [2.24, 2.45) is 4.99 Å². The molecule has 2 N–H and O–H groups in total. The van der Waals surface area contributed by atoms with Crippen molar-refractivity contribution in [1.82, 2.24) is 15.5 Å². The first-order valence-electron chi connectivity index (χ1n) is 10.5. The third-order valence-corrected chi connectivity index (χ3v) is 5.72. The first-order chi connectivity index (χ1) is 14.2. The summed E-state index contributed by atoms with van der Waals surface area (Å²) in [6.45, 7) is 5.12. The summed E-state index contributed by atoms with van der Waals surface area (Å²) in [6.07, 6.45) is 2.23.